The van der Waals surface area contributed by atoms with E-state index in [1.54, 1.807) is 0 Å². The molecular formula is C16H13NO. The van der Waals surface area contributed by atoms with E-state index in [0.717, 1.165) is 23.6 Å². The molecule has 1 heterocycles. The van der Waals surface area contributed by atoms with Gasteiger partial charge in [-0.15, -0.1) is 0 Å². The van der Waals surface area contributed by atoms with Crippen LogP contribution in [-0.2, 0) is 6.42 Å². The standard InChI is InChI=1S/C16H13NO/c18-11-15-10-14-7-6-13(9-16(14)17-15)8-12-4-2-1-3-5-12/h1-7,9-11,17H,8H2. The van der Waals surface area contributed by atoms with Crippen molar-refractivity contribution in [2.24, 2.45) is 0 Å². The smallest absolute Gasteiger partial charge is 0.166 e. The predicted molar refractivity (Wildman–Crippen MR) is 72.9 cm³/mol. The highest BCUT2D eigenvalue weighted by molar-refractivity contribution is 5.88. The van der Waals surface area contributed by atoms with Crippen molar-refractivity contribution in [2.75, 3.05) is 0 Å². The van der Waals surface area contributed by atoms with Gasteiger partial charge in [0.25, 0.3) is 0 Å². The summed E-state index contributed by atoms with van der Waals surface area (Å²) < 4.78 is 0. The third-order valence-corrected chi connectivity index (χ3v) is 3.09. The lowest BCUT2D eigenvalue weighted by molar-refractivity contribution is 0.112. The Morgan fingerprint density at radius 3 is 2.56 bits per heavy atom. The van der Waals surface area contributed by atoms with E-state index in [1.165, 1.54) is 11.1 Å². The Labute approximate surface area is 105 Å². The molecule has 2 heteroatoms. The largest absolute Gasteiger partial charge is 0.352 e. The number of fused-ring (bicyclic) bond motifs is 1. The third kappa shape index (κ3) is 2.05. The molecule has 1 N–H and O–H groups in total. The molecule has 0 radical (unpaired) electrons. The van der Waals surface area contributed by atoms with Crippen LogP contribution in [0.5, 0.6) is 0 Å². The first kappa shape index (κ1) is 10.8. The average Bonchev–Trinajstić information content (AvgIpc) is 2.82. The molecule has 0 saturated carbocycles. The third-order valence-electron chi connectivity index (χ3n) is 3.09. The lowest BCUT2D eigenvalue weighted by atomic mass is 10.0. The van der Waals surface area contributed by atoms with Crippen molar-refractivity contribution in [2.45, 2.75) is 6.42 Å². The molecule has 1 aromatic heterocycles. The summed E-state index contributed by atoms with van der Waals surface area (Å²) in [4.78, 5) is 13.8. The van der Waals surface area contributed by atoms with Gasteiger partial charge in [0.05, 0.1) is 5.69 Å². The molecule has 0 spiro atoms. The molecule has 0 aliphatic carbocycles. The fourth-order valence-electron chi connectivity index (χ4n) is 2.20. The van der Waals surface area contributed by atoms with Gasteiger partial charge >= 0.3 is 0 Å². The minimum atomic E-state index is 0.627. The van der Waals surface area contributed by atoms with Gasteiger partial charge in [-0.05, 0) is 29.7 Å². The zero-order valence-corrected chi connectivity index (χ0v) is 9.89. The summed E-state index contributed by atoms with van der Waals surface area (Å²) in [5.41, 5.74) is 4.18. The molecule has 2 nitrogen and oxygen atoms in total. The summed E-state index contributed by atoms with van der Waals surface area (Å²) in [6.45, 7) is 0. The highest BCUT2D eigenvalue weighted by Crippen LogP contribution is 2.18. The Hall–Kier alpha value is -2.35. The summed E-state index contributed by atoms with van der Waals surface area (Å²) in [6.07, 6.45) is 1.75. The van der Waals surface area contributed by atoms with Gasteiger partial charge in [-0.2, -0.15) is 0 Å². The second kappa shape index (κ2) is 4.49. The monoisotopic (exact) mass is 235 g/mol. The molecule has 88 valence electrons. The van der Waals surface area contributed by atoms with E-state index in [4.69, 9.17) is 0 Å². The fraction of sp³-hybridized carbons (Fsp3) is 0.0625. The van der Waals surface area contributed by atoms with Gasteiger partial charge in [-0.25, -0.2) is 0 Å². The highest BCUT2D eigenvalue weighted by Gasteiger charge is 2.02. The molecule has 3 rings (SSSR count). The average molecular weight is 235 g/mol. The van der Waals surface area contributed by atoms with E-state index in [1.807, 2.05) is 24.3 Å². The van der Waals surface area contributed by atoms with Crippen LogP contribution in [0.4, 0.5) is 0 Å². The summed E-state index contributed by atoms with van der Waals surface area (Å²) >= 11 is 0. The van der Waals surface area contributed by atoms with Gasteiger partial charge in [0, 0.05) is 10.9 Å². The number of rotatable bonds is 3. The molecule has 0 atom stereocenters. The van der Waals surface area contributed by atoms with Crippen molar-refractivity contribution in [3.63, 3.8) is 0 Å². The maximum Gasteiger partial charge on any atom is 0.166 e. The number of carbonyl (C=O) groups excluding carboxylic acids is 1. The topological polar surface area (TPSA) is 32.9 Å². The number of carbonyl (C=O) groups is 1. The molecule has 0 saturated heterocycles. The SMILES string of the molecule is O=Cc1cc2ccc(Cc3ccccc3)cc2[nH]1. The first-order valence-corrected chi connectivity index (χ1v) is 5.96. The zero-order valence-electron chi connectivity index (χ0n) is 9.89. The molecule has 0 fully saturated rings. The van der Waals surface area contributed by atoms with Crippen LogP contribution in [0.1, 0.15) is 21.6 Å². The Kier molecular flexibility index (Phi) is 2.69. The normalized spacial score (nSPS) is 10.7. The lowest BCUT2D eigenvalue weighted by Gasteiger charge is -2.01. The van der Waals surface area contributed by atoms with Gasteiger partial charge < -0.3 is 4.98 Å². The van der Waals surface area contributed by atoms with Gasteiger partial charge in [0.1, 0.15) is 0 Å². The molecule has 0 unspecified atom stereocenters. The Morgan fingerprint density at radius 1 is 0.944 bits per heavy atom. The Bertz CT molecular complexity index is 683. The molecule has 18 heavy (non-hydrogen) atoms. The van der Waals surface area contributed by atoms with E-state index >= 15 is 0 Å². The predicted octanol–water partition coefficient (Wildman–Crippen LogP) is 3.57. The maximum absolute atomic E-state index is 10.7. The minimum Gasteiger partial charge on any atom is -0.352 e. The van der Waals surface area contributed by atoms with Crippen molar-refractivity contribution in [3.05, 3.63) is 71.4 Å². The fourth-order valence-corrected chi connectivity index (χ4v) is 2.20. The number of hydrogen-bond donors (Lipinski definition) is 1. The van der Waals surface area contributed by atoms with E-state index in [2.05, 4.69) is 35.3 Å². The lowest BCUT2D eigenvalue weighted by Crippen LogP contribution is -1.87. The first-order chi connectivity index (χ1) is 8.85. The van der Waals surface area contributed by atoms with Crippen molar-refractivity contribution in [1.29, 1.82) is 0 Å². The van der Waals surface area contributed by atoms with E-state index in [0.29, 0.717) is 5.69 Å². The van der Waals surface area contributed by atoms with Gasteiger partial charge in [-0.1, -0.05) is 42.5 Å². The summed E-state index contributed by atoms with van der Waals surface area (Å²) in [7, 11) is 0. The minimum absolute atomic E-state index is 0.627. The van der Waals surface area contributed by atoms with Gasteiger partial charge in [-0.3, -0.25) is 4.79 Å². The van der Waals surface area contributed by atoms with Gasteiger partial charge in [0.2, 0.25) is 0 Å². The molecule has 0 bridgehead atoms. The molecule has 0 aliphatic heterocycles. The quantitative estimate of drug-likeness (QED) is 0.692. The number of nitrogens with one attached hydrogen (secondary N) is 1. The molecular weight excluding hydrogens is 222 g/mol. The van der Waals surface area contributed by atoms with Crippen LogP contribution in [0.15, 0.2) is 54.6 Å². The molecule has 2 aromatic carbocycles. The van der Waals surface area contributed by atoms with E-state index in [9.17, 15) is 4.79 Å². The number of aromatic amines is 1. The van der Waals surface area contributed by atoms with E-state index < -0.39 is 0 Å². The van der Waals surface area contributed by atoms with Crippen LogP contribution in [0.2, 0.25) is 0 Å². The maximum atomic E-state index is 10.7. The highest BCUT2D eigenvalue weighted by atomic mass is 16.1. The van der Waals surface area contributed by atoms with Crippen LogP contribution >= 0.6 is 0 Å². The van der Waals surface area contributed by atoms with Crippen molar-refractivity contribution >= 4 is 17.2 Å². The van der Waals surface area contributed by atoms with Crippen LogP contribution in [0, 0.1) is 0 Å². The Morgan fingerprint density at radius 2 is 1.78 bits per heavy atom. The number of aromatic nitrogens is 1. The first-order valence-electron chi connectivity index (χ1n) is 5.96. The second-order valence-corrected chi connectivity index (χ2v) is 4.43. The zero-order chi connectivity index (χ0) is 12.4. The van der Waals surface area contributed by atoms with Crippen LogP contribution < -0.4 is 0 Å². The second-order valence-electron chi connectivity index (χ2n) is 4.43. The number of hydrogen-bond acceptors (Lipinski definition) is 1. The van der Waals surface area contributed by atoms with Crippen molar-refractivity contribution in [3.8, 4) is 0 Å². The van der Waals surface area contributed by atoms with Gasteiger partial charge in [0.15, 0.2) is 6.29 Å². The number of aldehydes is 1. The Balaban J connectivity index is 1.95. The van der Waals surface area contributed by atoms with Crippen LogP contribution in [0.25, 0.3) is 10.9 Å². The molecule has 0 amide bonds. The van der Waals surface area contributed by atoms with E-state index in [-0.39, 0.29) is 0 Å². The molecule has 3 aromatic rings. The summed E-state index contributed by atoms with van der Waals surface area (Å²) in [5, 5.41) is 1.08. The van der Waals surface area contributed by atoms with Crippen LogP contribution in [-0.4, -0.2) is 11.3 Å². The van der Waals surface area contributed by atoms with Crippen molar-refractivity contribution in [1.82, 2.24) is 4.98 Å². The number of benzene rings is 2. The summed E-state index contributed by atoms with van der Waals surface area (Å²) in [6, 6.07) is 18.5. The number of H-pyrrole nitrogens is 1. The summed E-state index contributed by atoms with van der Waals surface area (Å²) in [5.74, 6) is 0. The van der Waals surface area contributed by atoms with Crippen molar-refractivity contribution < 1.29 is 4.79 Å². The van der Waals surface area contributed by atoms with Crippen LogP contribution in [0.3, 0.4) is 0 Å². The molecule has 0 aliphatic rings.